The van der Waals surface area contributed by atoms with Crippen molar-refractivity contribution < 1.29 is 4.79 Å². The Kier molecular flexibility index (Phi) is 4.16. The highest BCUT2D eigenvalue weighted by molar-refractivity contribution is 6.31. The molecule has 1 amide bonds. The van der Waals surface area contributed by atoms with E-state index in [1.807, 2.05) is 0 Å². The Morgan fingerprint density at radius 3 is 2.62 bits per heavy atom. The van der Waals surface area contributed by atoms with Crippen LogP contribution in [-0.4, -0.2) is 35.9 Å². The molecule has 0 atom stereocenters. The Morgan fingerprint density at radius 1 is 1.08 bits per heavy atom. The predicted molar refractivity (Wildman–Crippen MR) is 95.7 cm³/mol. The van der Waals surface area contributed by atoms with E-state index in [-0.39, 0.29) is 5.91 Å². The first-order valence-corrected chi connectivity index (χ1v) is 8.03. The fraction of sp³-hybridized carbons (Fsp3) is 0. The lowest BCUT2D eigenvalue weighted by Gasteiger charge is -2.12. The number of hydrogen-bond acceptors (Lipinski definition) is 5. The molecule has 128 valence electrons. The third kappa shape index (κ3) is 3.17. The van der Waals surface area contributed by atoms with E-state index in [1.165, 1.54) is 11.0 Å². The lowest BCUT2D eigenvalue weighted by Crippen LogP contribution is -2.14. The van der Waals surface area contributed by atoms with Gasteiger partial charge in [-0.2, -0.15) is 5.10 Å². The van der Waals surface area contributed by atoms with Crippen molar-refractivity contribution in [3.05, 3.63) is 77.8 Å². The Morgan fingerprint density at radius 2 is 1.92 bits per heavy atom. The summed E-state index contributed by atoms with van der Waals surface area (Å²) >= 11 is 6.08. The van der Waals surface area contributed by atoms with Crippen LogP contribution in [0.15, 0.2) is 67.3 Å². The molecule has 0 bridgehead atoms. The molecule has 0 unspecified atom stereocenters. The minimum atomic E-state index is -0.260. The molecule has 1 N–H and O–H groups in total. The molecule has 0 radical (unpaired) electrons. The zero-order valence-corrected chi connectivity index (χ0v) is 14.1. The van der Waals surface area contributed by atoms with Gasteiger partial charge in [-0.15, -0.1) is 5.10 Å². The molecule has 0 aliphatic carbocycles. The minimum Gasteiger partial charge on any atom is -0.320 e. The maximum absolute atomic E-state index is 12.6. The van der Waals surface area contributed by atoms with E-state index in [1.54, 1.807) is 65.6 Å². The number of nitrogens with one attached hydrogen (secondary N) is 1. The largest absolute Gasteiger partial charge is 0.320 e. The Balaban J connectivity index is 1.60. The second kappa shape index (κ2) is 6.77. The van der Waals surface area contributed by atoms with Gasteiger partial charge in [-0.05, 0) is 59.0 Å². The van der Waals surface area contributed by atoms with Crippen LogP contribution in [0.1, 0.15) is 10.4 Å². The topological polar surface area (TPSA) is 90.5 Å². The number of nitrogens with zero attached hydrogens (tertiary/aromatic N) is 6. The van der Waals surface area contributed by atoms with Crippen LogP contribution in [0, 0.1) is 0 Å². The molecule has 4 rings (SSSR count). The van der Waals surface area contributed by atoms with Gasteiger partial charge in [0.2, 0.25) is 0 Å². The zero-order chi connectivity index (χ0) is 17.9. The number of rotatable bonds is 4. The van der Waals surface area contributed by atoms with E-state index in [0.29, 0.717) is 16.3 Å². The van der Waals surface area contributed by atoms with Crippen molar-refractivity contribution >= 4 is 23.2 Å². The van der Waals surface area contributed by atoms with E-state index in [4.69, 9.17) is 11.6 Å². The van der Waals surface area contributed by atoms with Crippen molar-refractivity contribution in [1.29, 1.82) is 0 Å². The normalized spacial score (nSPS) is 10.7. The fourth-order valence-corrected chi connectivity index (χ4v) is 2.63. The number of tetrazole rings is 1. The molecule has 2 aromatic heterocycles. The van der Waals surface area contributed by atoms with Crippen LogP contribution in [-0.2, 0) is 0 Å². The van der Waals surface area contributed by atoms with Crippen molar-refractivity contribution in [2.75, 3.05) is 5.32 Å². The van der Waals surface area contributed by atoms with Gasteiger partial charge >= 0.3 is 0 Å². The Hall–Kier alpha value is -3.52. The standard InChI is InChI=1S/C17H12ClN7O/c18-13-4-7-16(24-9-1-8-20-24)15(10-13)21-17(26)12-2-5-14(6-3-12)25-11-19-22-23-25/h1-11H,(H,21,26). The quantitative estimate of drug-likeness (QED) is 0.600. The van der Waals surface area contributed by atoms with Gasteiger partial charge in [0.05, 0.1) is 17.1 Å². The molecule has 2 heterocycles. The summed E-state index contributed by atoms with van der Waals surface area (Å²) in [6, 6.07) is 14.0. The summed E-state index contributed by atoms with van der Waals surface area (Å²) in [7, 11) is 0. The minimum absolute atomic E-state index is 0.260. The van der Waals surface area contributed by atoms with Crippen molar-refractivity contribution in [3.63, 3.8) is 0 Å². The molecule has 2 aromatic carbocycles. The van der Waals surface area contributed by atoms with E-state index >= 15 is 0 Å². The summed E-state index contributed by atoms with van der Waals surface area (Å²) < 4.78 is 3.17. The lowest BCUT2D eigenvalue weighted by atomic mass is 10.2. The number of amides is 1. The van der Waals surface area contributed by atoms with E-state index in [9.17, 15) is 4.79 Å². The molecule has 0 saturated heterocycles. The number of hydrogen-bond donors (Lipinski definition) is 1. The molecule has 0 aliphatic rings. The van der Waals surface area contributed by atoms with Gasteiger partial charge in [-0.1, -0.05) is 11.6 Å². The highest BCUT2D eigenvalue weighted by Crippen LogP contribution is 2.24. The number of anilines is 1. The predicted octanol–water partition coefficient (Wildman–Crippen LogP) is 2.75. The van der Waals surface area contributed by atoms with Crippen LogP contribution < -0.4 is 5.32 Å². The first-order valence-electron chi connectivity index (χ1n) is 7.65. The first-order chi connectivity index (χ1) is 12.7. The molecule has 9 heteroatoms. The summed E-state index contributed by atoms with van der Waals surface area (Å²) in [4.78, 5) is 12.6. The summed E-state index contributed by atoms with van der Waals surface area (Å²) in [5.41, 5.74) is 2.54. The molecular weight excluding hydrogens is 354 g/mol. The van der Waals surface area contributed by atoms with Gasteiger partial charge in [0.1, 0.15) is 6.33 Å². The maximum Gasteiger partial charge on any atom is 0.255 e. The van der Waals surface area contributed by atoms with Crippen LogP contribution in [0.25, 0.3) is 11.4 Å². The van der Waals surface area contributed by atoms with E-state index in [0.717, 1.165) is 11.4 Å². The van der Waals surface area contributed by atoms with Gasteiger partial charge in [-0.3, -0.25) is 4.79 Å². The van der Waals surface area contributed by atoms with Crippen molar-refractivity contribution in [3.8, 4) is 11.4 Å². The third-order valence-electron chi connectivity index (χ3n) is 3.70. The molecule has 4 aromatic rings. The van der Waals surface area contributed by atoms with Crippen molar-refractivity contribution in [2.24, 2.45) is 0 Å². The maximum atomic E-state index is 12.6. The average Bonchev–Trinajstić information content (AvgIpc) is 3.36. The second-order valence-corrected chi connectivity index (χ2v) is 5.80. The van der Waals surface area contributed by atoms with Gasteiger partial charge in [0.25, 0.3) is 5.91 Å². The average molecular weight is 366 g/mol. The van der Waals surface area contributed by atoms with E-state index in [2.05, 4.69) is 25.9 Å². The number of benzene rings is 2. The fourth-order valence-electron chi connectivity index (χ4n) is 2.46. The van der Waals surface area contributed by atoms with Crippen LogP contribution in [0.3, 0.4) is 0 Å². The molecule has 26 heavy (non-hydrogen) atoms. The zero-order valence-electron chi connectivity index (χ0n) is 13.3. The summed E-state index contributed by atoms with van der Waals surface area (Å²) in [6.07, 6.45) is 4.94. The van der Waals surface area contributed by atoms with Crippen LogP contribution in [0.5, 0.6) is 0 Å². The number of aromatic nitrogens is 6. The SMILES string of the molecule is O=C(Nc1cc(Cl)ccc1-n1cccn1)c1ccc(-n2cnnn2)cc1. The summed E-state index contributed by atoms with van der Waals surface area (Å²) in [5, 5.41) is 18.6. The summed E-state index contributed by atoms with van der Waals surface area (Å²) in [6.45, 7) is 0. The highest BCUT2D eigenvalue weighted by atomic mass is 35.5. The number of carbonyl (C=O) groups excluding carboxylic acids is 1. The van der Waals surface area contributed by atoms with Gasteiger partial charge in [-0.25, -0.2) is 9.36 Å². The Labute approximate surface area is 153 Å². The van der Waals surface area contributed by atoms with Crippen molar-refractivity contribution in [2.45, 2.75) is 0 Å². The van der Waals surface area contributed by atoms with Crippen LogP contribution in [0.2, 0.25) is 5.02 Å². The molecule has 0 spiro atoms. The van der Waals surface area contributed by atoms with Gasteiger partial charge in [0, 0.05) is 23.0 Å². The first kappa shape index (κ1) is 16.0. The second-order valence-electron chi connectivity index (χ2n) is 5.37. The molecule has 0 saturated carbocycles. The van der Waals surface area contributed by atoms with Crippen LogP contribution >= 0.6 is 11.6 Å². The van der Waals surface area contributed by atoms with Gasteiger partial charge < -0.3 is 5.32 Å². The van der Waals surface area contributed by atoms with E-state index < -0.39 is 0 Å². The monoisotopic (exact) mass is 365 g/mol. The molecule has 0 aliphatic heterocycles. The highest BCUT2D eigenvalue weighted by Gasteiger charge is 2.12. The molecular formula is C17H12ClN7O. The summed E-state index contributed by atoms with van der Waals surface area (Å²) in [5.74, 6) is -0.260. The Bertz CT molecular complexity index is 1030. The number of carbonyl (C=O) groups is 1. The molecule has 8 nitrogen and oxygen atoms in total. The lowest BCUT2D eigenvalue weighted by molar-refractivity contribution is 0.102. The van der Waals surface area contributed by atoms with Gasteiger partial charge in [0.15, 0.2) is 0 Å². The smallest absolute Gasteiger partial charge is 0.255 e. The number of halogens is 1. The van der Waals surface area contributed by atoms with Crippen LogP contribution in [0.4, 0.5) is 5.69 Å². The molecule has 0 fully saturated rings. The third-order valence-corrected chi connectivity index (χ3v) is 3.94. The van der Waals surface area contributed by atoms with Crippen molar-refractivity contribution in [1.82, 2.24) is 30.0 Å².